The number of rotatable bonds is 5. The van der Waals surface area contributed by atoms with Crippen molar-refractivity contribution in [3.8, 4) is 11.9 Å². The van der Waals surface area contributed by atoms with E-state index < -0.39 is 5.91 Å². The first kappa shape index (κ1) is 18.9. The number of aromatic nitrogens is 5. The average molecular weight is 398 g/mol. The van der Waals surface area contributed by atoms with Gasteiger partial charge in [0.2, 0.25) is 11.9 Å². The maximum absolute atomic E-state index is 11.5. The maximum atomic E-state index is 11.5. The predicted molar refractivity (Wildman–Crippen MR) is 113 cm³/mol. The molecular weight excluding hydrogens is 380 g/mol. The van der Waals surface area contributed by atoms with Crippen LogP contribution in [0.5, 0.6) is 0 Å². The lowest BCUT2D eigenvalue weighted by Crippen LogP contribution is -2.11. The van der Waals surface area contributed by atoms with E-state index in [0.29, 0.717) is 22.9 Å². The normalized spacial score (nSPS) is 10.7. The molecule has 3 heterocycles. The highest BCUT2D eigenvalue weighted by Gasteiger charge is 2.16. The van der Waals surface area contributed by atoms with Crippen LogP contribution in [-0.4, -0.2) is 30.2 Å². The summed E-state index contributed by atoms with van der Waals surface area (Å²) in [5, 5.41) is 17.7. The third-order valence-electron chi connectivity index (χ3n) is 4.73. The fourth-order valence-electron chi connectivity index (χ4n) is 3.21. The molecule has 0 fully saturated rings. The molecular formula is C21H18N8O. The number of hydrogen-bond donors (Lipinski definition) is 2. The van der Waals surface area contributed by atoms with Crippen molar-refractivity contribution in [3.63, 3.8) is 0 Å². The van der Waals surface area contributed by atoms with Crippen LogP contribution in [0.2, 0.25) is 0 Å². The lowest BCUT2D eigenvalue weighted by molar-refractivity contribution is -0.112. The van der Waals surface area contributed by atoms with Crippen molar-refractivity contribution in [2.75, 3.05) is 5.32 Å². The summed E-state index contributed by atoms with van der Waals surface area (Å²) in [6.45, 7) is 5.69. The quantitative estimate of drug-likeness (QED) is 0.497. The Bertz CT molecular complexity index is 1360. The molecule has 0 saturated carbocycles. The molecule has 3 aromatic heterocycles. The smallest absolute Gasteiger partial charge is 0.248 e. The number of primary amides is 1. The molecule has 4 rings (SSSR count). The van der Waals surface area contributed by atoms with Crippen LogP contribution < -0.4 is 11.1 Å². The maximum Gasteiger partial charge on any atom is 0.248 e. The van der Waals surface area contributed by atoms with Gasteiger partial charge >= 0.3 is 0 Å². The molecule has 0 aliphatic rings. The van der Waals surface area contributed by atoms with Gasteiger partial charge in [-0.2, -0.15) is 15.3 Å². The molecule has 1 amide bonds. The summed E-state index contributed by atoms with van der Waals surface area (Å²) in [7, 11) is 1.81. The fraction of sp³-hybridized carbons (Fsp3) is 0.0952. The second kappa shape index (κ2) is 7.18. The van der Waals surface area contributed by atoms with Crippen LogP contribution in [0, 0.1) is 18.3 Å². The minimum absolute atomic E-state index is 0.242. The molecule has 4 aromatic rings. The van der Waals surface area contributed by atoms with Crippen LogP contribution in [-0.2, 0) is 11.8 Å². The van der Waals surface area contributed by atoms with E-state index in [0.717, 1.165) is 22.2 Å². The van der Waals surface area contributed by atoms with Gasteiger partial charge in [-0.3, -0.25) is 14.0 Å². The first-order valence-electron chi connectivity index (χ1n) is 9.01. The Balaban J connectivity index is 1.83. The van der Waals surface area contributed by atoms with Crippen molar-refractivity contribution < 1.29 is 4.79 Å². The minimum Gasteiger partial charge on any atom is -0.366 e. The number of nitriles is 1. The molecule has 9 heteroatoms. The first-order chi connectivity index (χ1) is 14.4. The van der Waals surface area contributed by atoms with E-state index in [4.69, 9.17) is 5.73 Å². The molecule has 0 saturated heterocycles. The van der Waals surface area contributed by atoms with Gasteiger partial charge in [-0.1, -0.05) is 12.6 Å². The average Bonchev–Trinajstić information content (AvgIpc) is 3.29. The molecule has 0 aliphatic heterocycles. The Morgan fingerprint density at radius 3 is 2.77 bits per heavy atom. The molecule has 0 spiro atoms. The van der Waals surface area contributed by atoms with Gasteiger partial charge in [-0.25, -0.2) is 4.98 Å². The Kier molecular flexibility index (Phi) is 4.52. The van der Waals surface area contributed by atoms with E-state index in [-0.39, 0.29) is 5.57 Å². The third-order valence-corrected chi connectivity index (χ3v) is 4.73. The number of fused-ring (bicyclic) bond motifs is 1. The largest absolute Gasteiger partial charge is 0.366 e. The fourth-order valence-corrected chi connectivity index (χ4v) is 3.21. The number of carbonyl (C=O) groups excluding carboxylic acids is 1. The van der Waals surface area contributed by atoms with Crippen molar-refractivity contribution >= 4 is 34.0 Å². The molecule has 1 aromatic carbocycles. The molecule has 9 nitrogen and oxygen atoms in total. The van der Waals surface area contributed by atoms with E-state index in [9.17, 15) is 10.1 Å². The molecule has 0 radical (unpaired) electrons. The standard InChI is InChI=1S/C21H18N8O/c1-12-10-29(18-5-4-14(6-17(12)18)13(2)19(23)30)20-15(7-22)8-24-21(27-20)26-16-9-25-28(3)11-16/h4-6,8-11H,2H2,1,3H3,(H2,23,30)(H,24,26,27). The minimum atomic E-state index is -0.569. The molecule has 0 bridgehead atoms. The summed E-state index contributed by atoms with van der Waals surface area (Å²) >= 11 is 0. The third kappa shape index (κ3) is 3.27. The molecule has 148 valence electrons. The van der Waals surface area contributed by atoms with Gasteiger partial charge in [-0.15, -0.1) is 0 Å². The summed E-state index contributed by atoms with van der Waals surface area (Å²) in [6, 6.07) is 7.62. The summed E-state index contributed by atoms with van der Waals surface area (Å²) in [6.07, 6.45) is 6.82. The highest BCUT2D eigenvalue weighted by Crippen LogP contribution is 2.28. The molecule has 3 N–H and O–H groups in total. The van der Waals surface area contributed by atoms with Crippen LogP contribution in [0.3, 0.4) is 0 Å². The van der Waals surface area contributed by atoms with Crippen molar-refractivity contribution in [2.45, 2.75) is 6.92 Å². The number of amides is 1. The first-order valence-corrected chi connectivity index (χ1v) is 9.01. The van der Waals surface area contributed by atoms with Crippen LogP contribution in [0.4, 0.5) is 11.6 Å². The van der Waals surface area contributed by atoms with Crippen molar-refractivity contribution in [1.29, 1.82) is 5.26 Å². The lowest BCUT2D eigenvalue weighted by atomic mass is 10.0. The van der Waals surface area contributed by atoms with Gasteiger partial charge in [-0.05, 0) is 30.2 Å². The number of nitrogens with two attached hydrogens (primary N) is 1. The van der Waals surface area contributed by atoms with Gasteiger partial charge in [0.15, 0.2) is 5.82 Å². The second-order valence-electron chi connectivity index (χ2n) is 6.83. The Morgan fingerprint density at radius 1 is 1.30 bits per heavy atom. The van der Waals surface area contributed by atoms with E-state index in [1.165, 1.54) is 6.20 Å². The second-order valence-corrected chi connectivity index (χ2v) is 6.83. The molecule has 30 heavy (non-hydrogen) atoms. The van der Waals surface area contributed by atoms with Gasteiger partial charge < -0.3 is 11.1 Å². The zero-order valence-corrected chi connectivity index (χ0v) is 16.4. The van der Waals surface area contributed by atoms with Gasteiger partial charge in [0.1, 0.15) is 11.6 Å². The highest BCUT2D eigenvalue weighted by molar-refractivity contribution is 6.18. The van der Waals surface area contributed by atoms with Crippen molar-refractivity contribution in [3.05, 3.63) is 66.3 Å². The van der Waals surface area contributed by atoms with E-state index in [2.05, 4.69) is 33.0 Å². The summed E-state index contributed by atoms with van der Waals surface area (Å²) < 4.78 is 3.49. The number of nitrogens with one attached hydrogen (secondary N) is 1. The summed E-state index contributed by atoms with van der Waals surface area (Å²) in [4.78, 5) is 20.3. The number of anilines is 2. The molecule has 0 atom stereocenters. The number of carbonyl (C=O) groups is 1. The SMILES string of the molecule is C=C(C(N)=O)c1ccc2c(c1)c(C)cn2-c1nc(Nc2cnn(C)c2)ncc1C#N. The Labute approximate surface area is 172 Å². The lowest BCUT2D eigenvalue weighted by Gasteiger charge is -2.09. The van der Waals surface area contributed by atoms with E-state index in [1.807, 2.05) is 36.9 Å². The van der Waals surface area contributed by atoms with Crippen molar-refractivity contribution in [1.82, 2.24) is 24.3 Å². The number of aryl methyl sites for hydroxylation is 2. The zero-order valence-electron chi connectivity index (χ0n) is 16.4. The van der Waals surface area contributed by atoms with Crippen LogP contribution in [0.15, 0.2) is 49.6 Å². The van der Waals surface area contributed by atoms with Gasteiger partial charge in [0.25, 0.3) is 0 Å². The van der Waals surface area contributed by atoms with Gasteiger partial charge in [0, 0.05) is 30.4 Å². The van der Waals surface area contributed by atoms with Crippen LogP contribution in [0.1, 0.15) is 16.7 Å². The molecule has 0 aliphatic carbocycles. The zero-order chi connectivity index (χ0) is 21.4. The number of benzene rings is 1. The topological polar surface area (TPSA) is 127 Å². The Morgan fingerprint density at radius 2 is 2.10 bits per heavy atom. The van der Waals surface area contributed by atoms with E-state index >= 15 is 0 Å². The monoisotopic (exact) mass is 398 g/mol. The van der Waals surface area contributed by atoms with E-state index in [1.54, 1.807) is 23.1 Å². The highest BCUT2D eigenvalue weighted by atomic mass is 16.1. The van der Waals surface area contributed by atoms with Crippen LogP contribution >= 0.6 is 0 Å². The number of hydrogen-bond acceptors (Lipinski definition) is 6. The number of nitrogens with zero attached hydrogens (tertiary/aromatic N) is 6. The van der Waals surface area contributed by atoms with Crippen molar-refractivity contribution in [2.24, 2.45) is 12.8 Å². The summed E-state index contributed by atoms with van der Waals surface area (Å²) in [5.41, 5.74) is 9.09. The van der Waals surface area contributed by atoms with Gasteiger partial charge in [0.05, 0.1) is 23.6 Å². The molecule has 0 unspecified atom stereocenters. The predicted octanol–water partition coefficient (Wildman–Crippen LogP) is 2.58. The Hall–Kier alpha value is -4.45. The van der Waals surface area contributed by atoms with Crippen LogP contribution in [0.25, 0.3) is 22.3 Å². The summed E-state index contributed by atoms with van der Waals surface area (Å²) in [5.74, 6) is 0.216.